The first-order valence-electron chi connectivity index (χ1n) is 8.92. The van der Waals surface area contributed by atoms with Gasteiger partial charge in [0.2, 0.25) is 10.1 Å². The molecule has 1 aromatic carbocycles. The van der Waals surface area contributed by atoms with Gasteiger partial charge in [-0.1, -0.05) is 50.3 Å². The van der Waals surface area contributed by atoms with Gasteiger partial charge in [0.05, 0.1) is 11.9 Å². The van der Waals surface area contributed by atoms with E-state index in [0.717, 1.165) is 28.9 Å². The zero-order valence-corrected chi connectivity index (χ0v) is 15.9. The summed E-state index contributed by atoms with van der Waals surface area (Å²) in [5, 5.41) is 9.50. The number of hydrogen-bond acceptors (Lipinski definition) is 5. The quantitative estimate of drug-likeness (QED) is 0.766. The number of aromatic nitrogens is 3. The lowest BCUT2D eigenvalue weighted by atomic mass is 9.93. The molecule has 0 bridgehead atoms. The van der Waals surface area contributed by atoms with Crippen molar-refractivity contribution in [2.45, 2.75) is 45.1 Å². The molecule has 5 nitrogen and oxygen atoms in total. The normalized spacial score (nSPS) is 18.7. The van der Waals surface area contributed by atoms with E-state index in [-0.39, 0.29) is 5.41 Å². The third-order valence-corrected chi connectivity index (χ3v) is 5.62. The Balaban J connectivity index is 1.49. The highest BCUT2D eigenvalue weighted by Crippen LogP contribution is 2.29. The molecule has 1 unspecified atom stereocenters. The molecule has 0 amide bonds. The van der Waals surface area contributed by atoms with Gasteiger partial charge in [-0.15, -0.1) is 5.10 Å². The third kappa shape index (κ3) is 3.49. The molecular weight excluding hydrogens is 330 g/mol. The number of fused-ring (bicyclic) bond motifs is 1. The maximum atomic E-state index is 4.78. The van der Waals surface area contributed by atoms with Crippen molar-refractivity contribution in [3.05, 3.63) is 42.2 Å². The number of piperidine rings is 1. The van der Waals surface area contributed by atoms with E-state index in [9.17, 15) is 0 Å². The summed E-state index contributed by atoms with van der Waals surface area (Å²) in [7, 11) is 0. The van der Waals surface area contributed by atoms with Crippen LogP contribution in [-0.4, -0.2) is 33.7 Å². The van der Waals surface area contributed by atoms with Crippen molar-refractivity contribution >= 4 is 27.1 Å². The van der Waals surface area contributed by atoms with Crippen LogP contribution >= 0.6 is 11.3 Å². The largest absolute Gasteiger partial charge is 0.381 e. The summed E-state index contributed by atoms with van der Waals surface area (Å²) in [5.41, 5.74) is 2.35. The molecular formula is C19H25N5S. The first-order valence-corrected chi connectivity index (χ1v) is 9.74. The van der Waals surface area contributed by atoms with E-state index in [1.54, 1.807) is 11.3 Å². The van der Waals surface area contributed by atoms with Gasteiger partial charge in [-0.2, -0.15) is 0 Å². The predicted molar refractivity (Wildman–Crippen MR) is 105 cm³/mol. The highest BCUT2D eigenvalue weighted by molar-refractivity contribution is 7.20. The third-order valence-electron chi connectivity index (χ3n) is 4.64. The minimum Gasteiger partial charge on any atom is -0.381 e. The van der Waals surface area contributed by atoms with Gasteiger partial charge in [-0.05, 0) is 25.0 Å². The van der Waals surface area contributed by atoms with Crippen molar-refractivity contribution in [1.29, 1.82) is 0 Å². The zero-order chi connectivity index (χ0) is 17.4. The molecule has 4 rings (SSSR count). The molecule has 132 valence electrons. The van der Waals surface area contributed by atoms with E-state index < -0.39 is 0 Å². The first-order chi connectivity index (χ1) is 12.0. The molecule has 3 aromatic rings. The fourth-order valence-corrected chi connectivity index (χ4v) is 4.14. The summed E-state index contributed by atoms with van der Waals surface area (Å²) in [6.07, 6.45) is 4.45. The highest BCUT2D eigenvalue weighted by atomic mass is 32.1. The van der Waals surface area contributed by atoms with E-state index >= 15 is 0 Å². The number of nitrogens with one attached hydrogen (secondary N) is 1. The van der Waals surface area contributed by atoms with Crippen molar-refractivity contribution in [3.8, 4) is 0 Å². The van der Waals surface area contributed by atoms with Crippen LogP contribution in [0.3, 0.4) is 0 Å². The number of anilines is 2. The minimum absolute atomic E-state index is 0.0589. The average Bonchev–Trinajstić information content (AvgIpc) is 3.15. The number of para-hydroxylation sites is 1. The van der Waals surface area contributed by atoms with Crippen LogP contribution in [0.25, 0.3) is 4.96 Å². The Morgan fingerprint density at radius 3 is 2.72 bits per heavy atom. The first kappa shape index (κ1) is 16.4. The summed E-state index contributed by atoms with van der Waals surface area (Å²) in [6.45, 7) is 8.61. The molecule has 25 heavy (non-hydrogen) atoms. The Kier molecular flexibility index (Phi) is 4.15. The van der Waals surface area contributed by atoms with Gasteiger partial charge in [-0.3, -0.25) is 0 Å². The van der Waals surface area contributed by atoms with Crippen molar-refractivity contribution in [2.75, 3.05) is 23.3 Å². The second-order valence-corrected chi connectivity index (χ2v) is 8.72. The van der Waals surface area contributed by atoms with Crippen molar-refractivity contribution in [3.63, 3.8) is 0 Å². The lowest BCUT2D eigenvalue weighted by Crippen LogP contribution is -2.42. The van der Waals surface area contributed by atoms with Crippen molar-refractivity contribution in [2.24, 2.45) is 0 Å². The maximum Gasteiger partial charge on any atom is 0.214 e. The number of hydrogen-bond donors (Lipinski definition) is 1. The summed E-state index contributed by atoms with van der Waals surface area (Å²) in [4.78, 5) is 8.14. The number of nitrogens with zero attached hydrogens (tertiary/aromatic N) is 4. The Hall–Kier alpha value is -2.08. The fourth-order valence-electron chi connectivity index (χ4n) is 3.22. The van der Waals surface area contributed by atoms with Crippen LogP contribution in [-0.2, 0) is 5.41 Å². The zero-order valence-electron chi connectivity index (χ0n) is 15.1. The molecule has 0 spiro atoms. The van der Waals surface area contributed by atoms with Crippen LogP contribution in [0.15, 0.2) is 36.5 Å². The SMILES string of the molecule is CC(C)(C)c1cn2nc(N3CCCC(Nc4ccccc4)C3)sc2n1. The van der Waals surface area contributed by atoms with Gasteiger partial charge >= 0.3 is 0 Å². The molecule has 0 aliphatic carbocycles. The Bertz CT molecular complexity index is 814. The second kappa shape index (κ2) is 6.33. The Morgan fingerprint density at radius 2 is 2.00 bits per heavy atom. The van der Waals surface area contributed by atoms with E-state index in [0.29, 0.717) is 6.04 Å². The highest BCUT2D eigenvalue weighted by Gasteiger charge is 2.24. The lowest BCUT2D eigenvalue weighted by Gasteiger charge is -2.33. The fraction of sp³-hybridized carbons (Fsp3) is 0.474. The van der Waals surface area contributed by atoms with Gasteiger partial charge < -0.3 is 10.2 Å². The van der Waals surface area contributed by atoms with Crippen LogP contribution in [0.2, 0.25) is 0 Å². The Morgan fingerprint density at radius 1 is 1.20 bits per heavy atom. The van der Waals surface area contributed by atoms with E-state index in [2.05, 4.69) is 67.5 Å². The van der Waals surface area contributed by atoms with Crippen LogP contribution < -0.4 is 10.2 Å². The smallest absolute Gasteiger partial charge is 0.214 e. The van der Waals surface area contributed by atoms with Crippen molar-refractivity contribution in [1.82, 2.24) is 14.6 Å². The van der Waals surface area contributed by atoms with Crippen LogP contribution in [0, 0.1) is 0 Å². The Labute approximate surface area is 152 Å². The molecule has 3 heterocycles. The van der Waals surface area contributed by atoms with Gasteiger partial charge in [0.15, 0.2) is 0 Å². The standard InChI is InChI=1S/C19H25N5S/c1-19(2,3)16-13-24-17(21-16)25-18(22-24)23-11-7-10-15(12-23)20-14-8-5-4-6-9-14/h4-6,8-9,13,15,20H,7,10-12H2,1-3H3. The number of rotatable bonds is 3. The molecule has 1 atom stereocenters. The topological polar surface area (TPSA) is 45.5 Å². The second-order valence-electron chi connectivity index (χ2n) is 7.78. The van der Waals surface area contributed by atoms with E-state index in [4.69, 9.17) is 10.1 Å². The van der Waals surface area contributed by atoms with Crippen molar-refractivity contribution < 1.29 is 0 Å². The molecule has 1 fully saturated rings. The number of imidazole rings is 1. The van der Waals surface area contributed by atoms with Crippen LogP contribution in [0.4, 0.5) is 10.8 Å². The lowest BCUT2D eigenvalue weighted by molar-refractivity contribution is 0.528. The number of benzene rings is 1. The molecule has 1 aliphatic rings. The molecule has 0 radical (unpaired) electrons. The molecule has 2 aromatic heterocycles. The van der Waals surface area contributed by atoms with Gasteiger partial charge in [-0.25, -0.2) is 9.50 Å². The molecule has 0 saturated carbocycles. The maximum absolute atomic E-state index is 4.78. The molecule has 6 heteroatoms. The summed E-state index contributed by atoms with van der Waals surface area (Å²) in [5.74, 6) is 0. The van der Waals surface area contributed by atoms with Crippen LogP contribution in [0.5, 0.6) is 0 Å². The van der Waals surface area contributed by atoms with Crippen LogP contribution in [0.1, 0.15) is 39.3 Å². The predicted octanol–water partition coefficient (Wildman–Crippen LogP) is 4.17. The monoisotopic (exact) mass is 355 g/mol. The molecule has 1 saturated heterocycles. The minimum atomic E-state index is 0.0589. The summed E-state index contributed by atoms with van der Waals surface area (Å²) in [6, 6.07) is 10.9. The van der Waals surface area contributed by atoms with Gasteiger partial charge in [0.1, 0.15) is 0 Å². The average molecular weight is 356 g/mol. The summed E-state index contributed by atoms with van der Waals surface area (Å²) < 4.78 is 1.94. The molecule has 1 aliphatic heterocycles. The molecule has 1 N–H and O–H groups in total. The van der Waals surface area contributed by atoms with E-state index in [1.165, 1.54) is 18.5 Å². The van der Waals surface area contributed by atoms with Gasteiger partial charge in [0, 0.05) is 30.2 Å². The summed E-state index contributed by atoms with van der Waals surface area (Å²) >= 11 is 1.69. The van der Waals surface area contributed by atoms with E-state index in [1.807, 2.05) is 4.52 Å². The van der Waals surface area contributed by atoms with Gasteiger partial charge in [0.25, 0.3) is 0 Å².